The van der Waals surface area contributed by atoms with Crippen LogP contribution in [0.5, 0.6) is 0 Å². The Kier molecular flexibility index (Phi) is 4.28. The molecule has 0 radical (unpaired) electrons. The van der Waals surface area contributed by atoms with Crippen molar-refractivity contribution < 1.29 is 9.59 Å². The molecule has 0 N–H and O–H groups in total. The summed E-state index contributed by atoms with van der Waals surface area (Å²) in [6.45, 7) is 11.7. The average Bonchev–Trinajstić information content (AvgIpc) is 2.45. The lowest BCUT2D eigenvalue weighted by molar-refractivity contribution is 0.0963. The number of benzene rings is 1. The molecule has 0 unspecified atom stereocenters. The van der Waals surface area contributed by atoms with Crippen molar-refractivity contribution in [3.63, 3.8) is 0 Å². The quantitative estimate of drug-likeness (QED) is 0.623. The molecule has 0 saturated heterocycles. The summed E-state index contributed by atoms with van der Waals surface area (Å²) in [5.74, 6) is 0.0522. The maximum absolute atomic E-state index is 12.9. The zero-order valence-electron chi connectivity index (χ0n) is 14.1. The fourth-order valence-electron chi connectivity index (χ4n) is 2.69. The number of Topliss-reactive ketones (excluding diaryl/α,β-unsaturated/α-hetero) is 1. The van der Waals surface area contributed by atoms with Crippen molar-refractivity contribution in [2.45, 2.75) is 46.6 Å². The molecule has 3 heteroatoms. The van der Waals surface area contributed by atoms with Crippen LogP contribution in [0.15, 0.2) is 36.0 Å². The molecule has 118 valence electrons. The number of hydrogen-bond acceptors (Lipinski definition) is 3. The molecule has 22 heavy (non-hydrogen) atoms. The Balaban J connectivity index is 2.38. The number of carbonyl (C=O) groups excluding carboxylic acids is 2. The first-order chi connectivity index (χ1) is 10.1. The van der Waals surface area contributed by atoms with E-state index < -0.39 is 0 Å². The highest BCUT2D eigenvalue weighted by atomic mass is 16.1. The summed E-state index contributed by atoms with van der Waals surface area (Å²) in [5, 5.41) is 0. The summed E-state index contributed by atoms with van der Waals surface area (Å²) in [4.78, 5) is 25.9. The normalized spacial score (nSPS) is 17.9. The molecule has 0 aromatic heterocycles. The molecule has 0 amide bonds. The van der Waals surface area contributed by atoms with Crippen molar-refractivity contribution in [3.05, 3.63) is 47.2 Å². The molecule has 0 fully saturated rings. The van der Waals surface area contributed by atoms with Gasteiger partial charge in [-0.15, -0.1) is 0 Å². The van der Waals surface area contributed by atoms with E-state index in [-0.39, 0.29) is 16.7 Å². The first-order valence-corrected chi connectivity index (χ1v) is 7.74. The third kappa shape index (κ3) is 3.29. The molecule has 1 aromatic carbocycles. The van der Waals surface area contributed by atoms with Gasteiger partial charge in [-0.3, -0.25) is 9.59 Å². The molecule has 2 rings (SSSR count). The molecule has 1 aliphatic heterocycles. The van der Waals surface area contributed by atoms with Crippen molar-refractivity contribution in [2.75, 3.05) is 6.54 Å². The highest BCUT2D eigenvalue weighted by Crippen LogP contribution is 2.38. The molecule has 0 aliphatic carbocycles. The van der Waals surface area contributed by atoms with Crippen molar-refractivity contribution in [2.24, 2.45) is 5.41 Å². The summed E-state index contributed by atoms with van der Waals surface area (Å²) in [6, 6.07) is 6.86. The van der Waals surface area contributed by atoms with Crippen LogP contribution in [0.25, 0.3) is 0 Å². The van der Waals surface area contributed by atoms with Gasteiger partial charge in [-0.2, -0.15) is 0 Å². The number of ketones is 1. The number of hydrogen-bond donors (Lipinski definition) is 0. The van der Waals surface area contributed by atoms with Crippen LogP contribution in [-0.2, 0) is 0 Å². The molecule has 1 heterocycles. The van der Waals surface area contributed by atoms with Gasteiger partial charge in [0, 0.05) is 35.0 Å². The zero-order chi connectivity index (χ0) is 16.5. The van der Waals surface area contributed by atoms with Crippen LogP contribution in [0, 0.1) is 5.41 Å². The van der Waals surface area contributed by atoms with Crippen molar-refractivity contribution in [3.8, 4) is 0 Å². The minimum atomic E-state index is -0.137. The number of carbonyl (C=O) groups is 2. The van der Waals surface area contributed by atoms with Crippen LogP contribution >= 0.6 is 0 Å². The zero-order valence-corrected chi connectivity index (χ0v) is 14.1. The number of allylic oxidation sites excluding steroid dienone is 1. The molecular formula is C19H25NO2. The lowest BCUT2D eigenvalue weighted by Crippen LogP contribution is -2.44. The van der Waals surface area contributed by atoms with Gasteiger partial charge in [0.15, 0.2) is 5.78 Å². The number of nitrogens with zero attached hydrogens (tertiary/aromatic N) is 1. The molecule has 1 aromatic rings. The smallest absolute Gasteiger partial charge is 0.191 e. The Labute approximate surface area is 133 Å². The van der Waals surface area contributed by atoms with Gasteiger partial charge in [-0.1, -0.05) is 38.1 Å². The van der Waals surface area contributed by atoms with Crippen LogP contribution < -0.4 is 0 Å². The van der Waals surface area contributed by atoms with E-state index >= 15 is 0 Å². The lowest BCUT2D eigenvalue weighted by atomic mass is 9.75. The van der Waals surface area contributed by atoms with E-state index in [9.17, 15) is 9.59 Å². The van der Waals surface area contributed by atoms with E-state index in [1.54, 1.807) is 24.3 Å². The second-order valence-corrected chi connectivity index (χ2v) is 7.61. The number of rotatable bonds is 3. The van der Waals surface area contributed by atoms with Gasteiger partial charge in [0.05, 0.1) is 0 Å². The van der Waals surface area contributed by atoms with Gasteiger partial charge in [0.1, 0.15) is 6.29 Å². The van der Waals surface area contributed by atoms with Crippen LogP contribution in [0.1, 0.15) is 61.8 Å². The summed E-state index contributed by atoms with van der Waals surface area (Å²) in [7, 11) is 0. The first-order valence-electron chi connectivity index (χ1n) is 7.74. The highest BCUT2D eigenvalue weighted by molar-refractivity contribution is 6.09. The molecule has 1 aliphatic rings. The second-order valence-electron chi connectivity index (χ2n) is 7.61. The predicted molar refractivity (Wildman–Crippen MR) is 89.1 cm³/mol. The number of aldehydes is 1. The Hall–Kier alpha value is -1.90. The van der Waals surface area contributed by atoms with E-state index in [2.05, 4.69) is 39.5 Å². The van der Waals surface area contributed by atoms with Gasteiger partial charge < -0.3 is 4.90 Å². The van der Waals surface area contributed by atoms with E-state index in [4.69, 9.17) is 0 Å². The summed E-state index contributed by atoms with van der Waals surface area (Å²) in [6.07, 6.45) is 3.77. The maximum atomic E-state index is 12.9. The highest BCUT2D eigenvalue weighted by Gasteiger charge is 2.35. The van der Waals surface area contributed by atoms with E-state index in [1.165, 1.54) is 0 Å². The first kappa shape index (κ1) is 16.5. The Morgan fingerprint density at radius 1 is 1.18 bits per heavy atom. The van der Waals surface area contributed by atoms with E-state index in [1.807, 2.05) is 6.20 Å². The van der Waals surface area contributed by atoms with Crippen molar-refractivity contribution in [1.82, 2.24) is 4.90 Å². The van der Waals surface area contributed by atoms with Crippen LogP contribution in [0.3, 0.4) is 0 Å². The Bertz CT molecular complexity index is 603. The SMILES string of the molecule is CC1(C)CCN(C(C)(C)C)C=C1C(=O)c1ccc(C=O)cc1. The van der Waals surface area contributed by atoms with Gasteiger partial charge in [-0.25, -0.2) is 0 Å². The van der Waals surface area contributed by atoms with Crippen LogP contribution in [0.2, 0.25) is 0 Å². The van der Waals surface area contributed by atoms with Crippen molar-refractivity contribution in [1.29, 1.82) is 0 Å². The Morgan fingerprint density at radius 3 is 2.27 bits per heavy atom. The molecule has 0 saturated carbocycles. The Morgan fingerprint density at radius 2 is 1.77 bits per heavy atom. The molecule has 0 bridgehead atoms. The summed E-state index contributed by atoms with van der Waals surface area (Å²) < 4.78 is 0. The monoisotopic (exact) mass is 299 g/mol. The molecule has 0 spiro atoms. The van der Waals surface area contributed by atoms with Crippen molar-refractivity contribution >= 4 is 12.1 Å². The van der Waals surface area contributed by atoms with Gasteiger partial charge >= 0.3 is 0 Å². The summed E-state index contributed by atoms with van der Waals surface area (Å²) >= 11 is 0. The lowest BCUT2D eigenvalue weighted by Gasteiger charge is -2.43. The maximum Gasteiger partial charge on any atom is 0.191 e. The van der Waals surface area contributed by atoms with E-state index in [0.29, 0.717) is 11.1 Å². The summed E-state index contributed by atoms with van der Waals surface area (Å²) in [5.41, 5.74) is 1.93. The molecular weight excluding hydrogens is 274 g/mol. The second kappa shape index (κ2) is 5.71. The third-order valence-corrected chi connectivity index (χ3v) is 4.41. The molecule has 3 nitrogen and oxygen atoms in total. The topological polar surface area (TPSA) is 37.4 Å². The fraction of sp³-hybridized carbons (Fsp3) is 0.474. The van der Waals surface area contributed by atoms with Crippen LogP contribution in [0.4, 0.5) is 0 Å². The fourth-order valence-corrected chi connectivity index (χ4v) is 2.69. The third-order valence-electron chi connectivity index (χ3n) is 4.41. The van der Waals surface area contributed by atoms with Gasteiger partial charge in [0.25, 0.3) is 0 Å². The van der Waals surface area contributed by atoms with Gasteiger partial charge in [0.2, 0.25) is 0 Å². The standard InChI is InChI=1S/C19H25NO2/c1-18(2,3)20-11-10-19(4,5)16(12-20)17(22)15-8-6-14(13-21)7-9-15/h6-9,12-13H,10-11H2,1-5H3. The molecule has 0 atom stereocenters. The minimum Gasteiger partial charge on any atom is -0.372 e. The largest absolute Gasteiger partial charge is 0.372 e. The minimum absolute atomic E-state index is 0.00338. The van der Waals surface area contributed by atoms with Crippen LogP contribution in [-0.4, -0.2) is 29.1 Å². The average molecular weight is 299 g/mol. The van der Waals surface area contributed by atoms with E-state index in [0.717, 1.165) is 24.8 Å². The van der Waals surface area contributed by atoms with Gasteiger partial charge in [-0.05, 0) is 32.6 Å². The predicted octanol–water partition coefficient (Wildman–Crippen LogP) is 4.10.